The normalized spacial score (nSPS) is 25.8. The summed E-state index contributed by atoms with van der Waals surface area (Å²) < 4.78 is 65.4. The van der Waals surface area contributed by atoms with Gasteiger partial charge in [0.05, 0.1) is 48.9 Å². The van der Waals surface area contributed by atoms with Crippen LogP contribution in [0.4, 0.5) is 40.4 Å². The van der Waals surface area contributed by atoms with Crippen molar-refractivity contribution in [1.29, 1.82) is 0 Å². The Hall–Kier alpha value is -2.96. The minimum absolute atomic E-state index is 0.0140. The van der Waals surface area contributed by atoms with Crippen LogP contribution in [0.5, 0.6) is 0 Å². The highest BCUT2D eigenvalue weighted by Gasteiger charge is 2.42. The number of ether oxygens (including phenoxy) is 2. The summed E-state index contributed by atoms with van der Waals surface area (Å²) in [6.07, 6.45) is -1.40. The largest absolute Gasteiger partial charge is 0.401 e. The van der Waals surface area contributed by atoms with Crippen LogP contribution in [-0.2, 0) is 20.8 Å². The fourth-order valence-corrected chi connectivity index (χ4v) is 5.86. The minimum Gasteiger partial charge on any atom is -0.375 e. The molecule has 1 amide bonds. The Labute approximate surface area is 217 Å². The lowest BCUT2D eigenvalue weighted by Gasteiger charge is -2.34. The maximum atomic E-state index is 15.3. The highest BCUT2D eigenvalue weighted by atomic mass is 19.4. The van der Waals surface area contributed by atoms with E-state index in [9.17, 15) is 18.0 Å². The quantitative estimate of drug-likeness (QED) is 0.572. The van der Waals surface area contributed by atoms with Crippen LogP contribution in [0.3, 0.4) is 0 Å². The molecule has 6 rings (SSSR count). The monoisotopic (exact) mass is 535 g/mol. The van der Waals surface area contributed by atoms with E-state index in [4.69, 9.17) is 9.47 Å². The standard InChI is InChI=1S/C26H29F4N5O3/c27-17-10-19-21(11-18(17)32-20-13-38-22-5-9-37-23(20)22)35(12-16-2-1-6-31-24(16)33-19)25(36)15-3-7-34(8-4-15)14-26(28,29)30/h1-2,6,10-11,15,20,22-23,32H,3-5,7-9,12-14H2,(H,31,33)/t20-,22-,23-/m1/s1. The maximum Gasteiger partial charge on any atom is 0.401 e. The van der Waals surface area contributed by atoms with Crippen LogP contribution in [0.15, 0.2) is 30.5 Å². The molecule has 0 saturated carbocycles. The lowest BCUT2D eigenvalue weighted by Crippen LogP contribution is -2.45. The summed E-state index contributed by atoms with van der Waals surface area (Å²) in [7, 11) is 0. The fraction of sp³-hybridized carbons (Fsp3) is 0.538. The van der Waals surface area contributed by atoms with E-state index in [2.05, 4.69) is 15.6 Å². The van der Waals surface area contributed by atoms with Gasteiger partial charge in [0.2, 0.25) is 5.91 Å². The van der Waals surface area contributed by atoms with Gasteiger partial charge < -0.3 is 25.0 Å². The highest BCUT2D eigenvalue weighted by Crippen LogP contribution is 2.40. The lowest BCUT2D eigenvalue weighted by molar-refractivity contribution is -0.149. The Morgan fingerprint density at radius 1 is 1.18 bits per heavy atom. The van der Waals surface area contributed by atoms with Gasteiger partial charge in [0.15, 0.2) is 0 Å². The first kappa shape index (κ1) is 25.3. The van der Waals surface area contributed by atoms with E-state index >= 15 is 4.39 Å². The fourth-order valence-electron chi connectivity index (χ4n) is 5.86. The average molecular weight is 536 g/mol. The van der Waals surface area contributed by atoms with Crippen molar-refractivity contribution in [2.45, 2.75) is 50.2 Å². The Balaban J connectivity index is 1.28. The molecule has 2 N–H and O–H groups in total. The van der Waals surface area contributed by atoms with Gasteiger partial charge in [0.1, 0.15) is 17.7 Å². The van der Waals surface area contributed by atoms with Gasteiger partial charge in [0.25, 0.3) is 0 Å². The van der Waals surface area contributed by atoms with Crippen molar-refractivity contribution < 1.29 is 31.8 Å². The second-order valence-electron chi connectivity index (χ2n) is 10.3. The lowest BCUT2D eigenvalue weighted by atomic mass is 9.94. The average Bonchev–Trinajstić information content (AvgIpc) is 3.45. The van der Waals surface area contributed by atoms with E-state index < -0.39 is 24.5 Å². The van der Waals surface area contributed by atoms with Gasteiger partial charge in [-0.15, -0.1) is 0 Å². The molecule has 0 unspecified atom stereocenters. The zero-order valence-electron chi connectivity index (χ0n) is 20.6. The molecule has 3 atom stereocenters. The number of carbonyl (C=O) groups is 1. The number of nitrogens with zero attached hydrogens (tertiary/aromatic N) is 3. The topological polar surface area (TPSA) is 79.0 Å². The Bertz CT molecular complexity index is 1200. The maximum absolute atomic E-state index is 15.3. The smallest absolute Gasteiger partial charge is 0.375 e. The highest BCUT2D eigenvalue weighted by molar-refractivity contribution is 6.00. The first-order chi connectivity index (χ1) is 18.2. The zero-order valence-corrected chi connectivity index (χ0v) is 20.6. The Morgan fingerprint density at radius 2 is 2.00 bits per heavy atom. The van der Waals surface area contributed by atoms with Crippen molar-refractivity contribution in [3.8, 4) is 0 Å². The van der Waals surface area contributed by atoms with Crippen molar-refractivity contribution >= 4 is 28.8 Å². The predicted molar refractivity (Wildman–Crippen MR) is 132 cm³/mol. The molecular weight excluding hydrogens is 506 g/mol. The summed E-state index contributed by atoms with van der Waals surface area (Å²) in [5.74, 6) is -0.610. The van der Waals surface area contributed by atoms with E-state index in [1.807, 2.05) is 6.07 Å². The first-order valence-electron chi connectivity index (χ1n) is 12.9. The van der Waals surface area contributed by atoms with Crippen LogP contribution in [0.2, 0.25) is 0 Å². The molecule has 3 saturated heterocycles. The third kappa shape index (κ3) is 5.04. The predicted octanol–water partition coefficient (Wildman–Crippen LogP) is 4.05. The SMILES string of the molecule is O=C(C1CCN(CC(F)(F)F)CC1)N1Cc2cccnc2Nc2cc(F)c(N[C@@H]3CO[C@@H]4CCO[C@H]34)cc21. The number of hydrogen-bond acceptors (Lipinski definition) is 7. The van der Waals surface area contributed by atoms with E-state index in [1.54, 1.807) is 23.2 Å². The number of piperidine rings is 1. The number of carbonyl (C=O) groups excluding carboxylic acids is 1. The minimum atomic E-state index is -4.27. The molecule has 4 aliphatic rings. The van der Waals surface area contributed by atoms with E-state index in [0.29, 0.717) is 43.2 Å². The number of halogens is 4. The third-order valence-electron chi connectivity index (χ3n) is 7.76. The van der Waals surface area contributed by atoms with Gasteiger partial charge in [-0.1, -0.05) is 6.07 Å². The molecule has 12 heteroatoms. The summed E-state index contributed by atoms with van der Waals surface area (Å²) in [6.45, 7) is 0.587. The van der Waals surface area contributed by atoms with Crippen LogP contribution < -0.4 is 15.5 Å². The van der Waals surface area contributed by atoms with Crippen LogP contribution >= 0.6 is 0 Å². The number of amides is 1. The summed E-state index contributed by atoms with van der Waals surface area (Å²) in [5, 5.41) is 6.39. The number of benzene rings is 1. The van der Waals surface area contributed by atoms with E-state index in [0.717, 1.165) is 12.0 Å². The van der Waals surface area contributed by atoms with Gasteiger partial charge in [-0.2, -0.15) is 13.2 Å². The van der Waals surface area contributed by atoms with Crippen LogP contribution in [0, 0.1) is 11.7 Å². The molecule has 8 nitrogen and oxygen atoms in total. The molecule has 5 heterocycles. The summed E-state index contributed by atoms with van der Waals surface area (Å²) in [6, 6.07) is 6.34. The van der Waals surface area contributed by atoms with E-state index in [-0.39, 0.29) is 49.5 Å². The number of nitrogens with one attached hydrogen (secondary N) is 2. The number of hydrogen-bond donors (Lipinski definition) is 2. The Kier molecular flexibility index (Phi) is 6.65. The van der Waals surface area contributed by atoms with Crippen molar-refractivity contribution in [2.24, 2.45) is 5.92 Å². The summed E-state index contributed by atoms with van der Waals surface area (Å²) in [4.78, 5) is 21.1. The summed E-state index contributed by atoms with van der Waals surface area (Å²) in [5.41, 5.74) is 1.86. The molecule has 0 radical (unpaired) electrons. The molecule has 1 aromatic heterocycles. The molecule has 2 aromatic rings. The zero-order chi connectivity index (χ0) is 26.4. The molecule has 3 fully saturated rings. The number of likely N-dealkylation sites (tertiary alicyclic amines) is 1. The molecule has 1 aromatic carbocycles. The second-order valence-corrected chi connectivity index (χ2v) is 10.3. The van der Waals surface area contributed by atoms with Gasteiger partial charge in [0, 0.05) is 30.4 Å². The second kappa shape index (κ2) is 9.97. The molecular formula is C26H29F4N5O3. The molecule has 0 aliphatic carbocycles. The number of rotatable bonds is 4. The van der Waals surface area contributed by atoms with Crippen molar-refractivity contribution in [3.05, 3.63) is 41.8 Å². The number of pyridine rings is 1. The Morgan fingerprint density at radius 3 is 2.79 bits per heavy atom. The van der Waals surface area contributed by atoms with Crippen LogP contribution in [-0.4, -0.2) is 73.1 Å². The number of anilines is 4. The molecule has 204 valence electrons. The molecule has 38 heavy (non-hydrogen) atoms. The van der Waals surface area contributed by atoms with Gasteiger partial charge in [-0.3, -0.25) is 9.69 Å². The van der Waals surface area contributed by atoms with Gasteiger partial charge in [-0.25, -0.2) is 9.37 Å². The number of alkyl halides is 3. The van der Waals surface area contributed by atoms with Crippen molar-refractivity contribution in [1.82, 2.24) is 9.88 Å². The molecule has 4 aliphatic heterocycles. The van der Waals surface area contributed by atoms with E-state index in [1.165, 1.54) is 11.0 Å². The summed E-state index contributed by atoms with van der Waals surface area (Å²) >= 11 is 0. The first-order valence-corrected chi connectivity index (χ1v) is 12.9. The van der Waals surface area contributed by atoms with Crippen LogP contribution in [0.25, 0.3) is 0 Å². The third-order valence-corrected chi connectivity index (χ3v) is 7.76. The van der Waals surface area contributed by atoms with Crippen molar-refractivity contribution in [2.75, 3.05) is 48.4 Å². The van der Waals surface area contributed by atoms with Gasteiger partial charge in [-0.05, 0) is 44.5 Å². The molecule has 0 spiro atoms. The number of fused-ring (bicyclic) bond motifs is 3. The number of aromatic nitrogens is 1. The molecule has 0 bridgehead atoms. The van der Waals surface area contributed by atoms with Crippen molar-refractivity contribution in [3.63, 3.8) is 0 Å². The van der Waals surface area contributed by atoms with Crippen LogP contribution in [0.1, 0.15) is 24.8 Å². The van der Waals surface area contributed by atoms with Gasteiger partial charge >= 0.3 is 6.18 Å².